The molecule has 156 valence electrons. The number of carbonyl (C=O) groups excluding carboxylic acids is 1. The summed E-state index contributed by atoms with van der Waals surface area (Å²) in [6.07, 6.45) is 3.44. The maximum Gasteiger partial charge on any atom is 0.260 e. The number of ether oxygens (including phenoxy) is 1. The molecule has 1 aliphatic rings. The summed E-state index contributed by atoms with van der Waals surface area (Å²) in [5, 5.41) is 7.40. The molecule has 0 radical (unpaired) electrons. The first-order valence-electron chi connectivity index (χ1n) is 10.3. The van der Waals surface area contributed by atoms with Crippen LogP contribution in [-0.4, -0.2) is 47.0 Å². The predicted molar refractivity (Wildman–Crippen MR) is 117 cm³/mol. The number of morpholine rings is 1. The Morgan fingerprint density at radius 2 is 1.87 bits per heavy atom. The summed E-state index contributed by atoms with van der Waals surface area (Å²) >= 11 is 0. The van der Waals surface area contributed by atoms with Crippen LogP contribution in [0.15, 0.2) is 54.9 Å². The number of anilines is 2. The number of pyridine rings is 1. The van der Waals surface area contributed by atoms with Crippen molar-refractivity contribution in [2.75, 3.05) is 36.5 Å². The van der Waals surface area contributed by atoms with Crippen LogP contribution in [0.5, 0.6) is 0 Å². The van der Waals surface area contributed by atoms with Crippen LogP contribution in [-0.2, 0) is 11.3 Å². The predicted octanol–water partition coefficient (Wildman–Crippen LogP) is 3.54. The second-order valence-corrected chi connectivity index (χ2v) is 7.70. The van der Waals surface area contributed by atoms with E-state index in [9.17, 15) is 4.79 Å². The van der Waals surface area contributed by atoms with E-state index in [0.29, 0.717) is 17.9 Å². The van der Waals surface area contributed by atoms with Gasteiger partial charge in [-0.1, -0.05) is 44.2 Å². The summed E-state index contributed by atoms with van der Waals surface area (Å²) in [4.78, 5) is 19.6. The molecule has 30 heavy (non-hydrogen) atoms. The van der Waals surface area contributed by atoms with Crippen LogP contribution in [0.2, 0.25) is 0 Å². The second-order valence-electron chi connectivity index (χ2n) is 7.70. The summed E-state index contributed by atoms with van der Waals surface area (Å²) in [6.45, 7) is 7.94. The smallest absolute Gasteiger partial charge is 0.260 e. The Morgan fingerprint density at radius 1 is 1.10 bits per heavy atom. The molecule has 0 atom stereocenters. The van der Waals surface area contributed by atoms with E-state index in [2.05, 4.69) is 46.3 Å². The van der Waals surface area contributed by atoms with Crippen molar-refractivity contribution in [1.29, 1.82) is 0 Å². The molecule has 0 bridgehead atoms. The number of carbonyl (C=O) groups is 1. The number of hydrogen-bond donors (Lipinski definition) is 1. The third-order valence-corrected chi connectivity index (χ3v) is 5.21. The number of hydrogen-bond acceptors (Lipinski definition) is 5. The number of nitrogens with one attached hydrogen (secondary N) is 1. The lowest BCUT2D eigenvalue weighted by molar-refractivity contribution is 0.102. The van der Waals surface area contributed by atoms with Crippen molar-refractivity contribution < 1.29 is 9.53 Å². The molecule has 4 rings (SSSR count). The van der Waals surface area contributed by atoms with E-state index in [-0.39, 0.29) is 11.8 Å². The molecule has 0 aliphatic carbocycles. The van der Waals surface area contributed by atoms with Gasteiger partial charge in [-0.2, -0.15) is 5.10 Å². The molecule has 3 aromatic rings. The molecular formula is C23H27N5O2. The third-order valence-electron chi connectivity index (χ3n) is 5.21. The van der Waals surface area contributed by atoms with Gasteiger partial charge >= 0.3 is 0 Å². The van der Waals surface area contributed by atoms with Gasteiger partial charge < -0.3 is 15.0 Å². The number of benzene rings is 1. The van der Waals surface area contributed by atoms with Crippen LogP contribution < -0.4 is 10.2 Å². The van der Waals surface area contributed by atoms with Crippen molar-refractivity contribution in [3.63, 3.8) is 0 Å². The van der Waals surface area contributed by atoms with Gasteiger partial charge in [0.25, 0.3) is 5.91 Å². The van der Waals surface area contributed by atoms with Crippen molar-refractivity contribution in [3.8, 4) is 0 Å². The molecule has 1 aliphatic heterocycles. The van der Waals surface area contributed by atoms with Gasteiger partial charge in [0.15, 0.2) is 0 Å². The molecule has 7 heteroatoms. The number of aromatic nitrogens is 3. The molecule has 7 nitrogen and oxygen atoms in total. The van der Waals surface area contributed by atoms with E-state index in [0.717, 1.165) is 43.2 Å². The molecule has 0 unspecified atom stereocenters. The molecule has 1 amide bonds. The van der Waals surface area contributed by atoms with Gasteiger partial charge in [-0.05, 0) is 23.6 Å². The van der Waals surface area contributed by atoms with Gasteiger partial charge in [-0.15, -0.1) is 0 Å². The average molecular weight is 406 g/mol. The maximum atomic E-state index is 13.0. The van der Waals surface area contributed by atoms with E-state index in [4.69, 9.17) is 4.74 Å². The summed E-state index contributed by atoms with van der Waals surface area (Å²) in [7, 11) is 0. The summed E-state index contributed by atoms with van der Waals surface area (Å²) in [5.41, 5.74) is 3.69. The Labute approximate surface area is 176 Å². The lowest BCUT2D eigenvalue weighted by Crippen LogP contribution is -2.36. The zero-order valence-corrected chi connectivity index (χ0v) is 17.4. The molecular weight excluding hydrogens is 378 g/mol. The summed E-state index contributed by atoms with van der Waals surface area (Å²) in [6, 6.07) is 14.0. The minimum absolute atomic E-state index is 0.161. The van der Waals surface area contributed by atoms with Crippen LogP contribution in [0.1, 0.15) is 41.4 Å². The fourth-order valence-electron chi connectivity index (χ4n) is 3.71. The molecule has 1 aromatic carbocycles. The summed E-state index contributed by atoms with van der Waals surface area (Å²) in [5.74, 6) is 0.501. The first kappa shape index (κ1) is 20.1. The maximum absolute atomic E-state index is 13.0. The quantitative estimate of drug-likeness (QED) is 0.679. The van der Waals surface area contributed by atoms with Crippen molar-refractivity contribution >= 4 is 17.4 Å². The molecule has 1 saturated heterocycles. The van der Waals surface area contributed by atoms with Gasteiger partial charge in [0.2, 0.25) is 0 Å². The van der Waals surface area contributed by atoms with E-state index in [1.807, 2.05) is 35.0 Å². The Hall–Kier alpha value is -3.19. The van der Waals surface area contributed by atoms with E-state index >= 15 is 0 Å². The van der Waals surface area contributed by atoms with Crippen molar-refractivity contribution in [3.05, 3.63) is 71.7 Å². The third kappa shape index (κ3) is 4.52. The van der Waals surface area contributed by atoms with Gasteiger partial charge in [-0.25, -0.2) is 4.98 Å². The normalized spacial score (nSPS) is 14.2. The standard InChI is InChI=1S/C23H27N5O2/c1-17(2)22-20(15-25-28(22)16-18-6-4-3-5-7-18)23(29)26-21-9-8-19(14-24-21)27-10-12-30-13-11-27/h3-9,14-15,17H,10-13,16H2,1-2H3,(H,24,26,29). The van der Waals surface area contributed by atoms with E-state index in [1.165, 1.54) is 0 Å². The fourth-order valence-corrected chi connectivity index (χ4v) is 3.71. The van der Waals surface area contributed by atoms with Gasteiger partial charge in [0.1, 0.15) is 5.82 Å². The van der Waals surface area contributed by atoms with E-state index < -0.39 is 0 Å². The van der Waals surface area contributed by atoms with Crippen molar-refractivity contribution in [2.45, 2.75) is 26.3 Å². The zero-order chi connectivity index (χ0) is 20.9. The largest absolute Gasteiger partial charge is 0.378 e. The minimum atomic E-state index is -0.190. The topological polar surface area (TPSA) is 72.3 Å². The summed E-state index contributed by atoms with van der Waals surface area (Å²) < 4.78 is 7.30. The molecule has 1 fully saturated rings. The first-order chi connectivity index (χ1) is 14.6. The van der Waals surface area contributed by atoms with Crippen molar-refractivity contribution in [1.82, 2.24) is 14.8 Å². The number of nitrogens with zero attached hydrogens (tertiary/aromatic N) is 4. The van der Waals surface area contributed by atoms with Crippen LogP contribution in [0.25, 0.3) is 0 Å². The van der Waals surface area contributed by atoms with Crippen LogP contribution in [0, 0.1) is 0 Å². The number of amides is 1. The average Bonchev–Trinajstić information content (AvgIpc) is 3.19. The van der Waals surface area contributed by atoms with Crippen LogP contribution in [0.3, 0.4) is 0 Å². The van der Waals surface area contributed by atoms with Crippen LogP contribution >= 0.6 is 0 Å². The Morgan fingerprint density at radius 3 is 2.53 bits per heavy atom. The van der Waals surface area contributed by atoms with Crippen molar-refractivity contribution in [2.24, 2.45) is 0 Å². The molecule has 3 heterocycles. The van der Waals surface area contributed by atoms with E-state index in [1.54, 1.807) is 12.4 Å². The molecule has 0 saturated carbocycles. The SMILES string of the molecule is CC(C)c1c(C(=O)Nc2ccc(N3CCOCC3)cn2)cnn1Cc1ccccc1. The second kappa shape index (κ2) is 9.09. The fraction of sp³-hybridized carbons (Fsp3) is 0.348. The lowest BCUT2D eigenvalue weighted by Gasteiger charge is -2.28. The first-order valence-corrected chi connectivity index (χ1v) is 10.3. The Balaban J connectivity index is 1.49. The highest BCUT2D eigenvalue weighted by molar-refractivity contribution is 6.04. The zero-order valence-electron chi connectivity index (χ0n) is 17.4. The molecule has 1 N–H and O–H groups in total. The van der Waals surface area contributed by atoms with Gasteiger partial charge in [0, 0.05) is 13.1 Å². The van der Waals surface area contributed by atoms with Gasteiger partial charge in [-0.3, -0.25) is 9.48 Å². The Kier molecular flexibility index (Phi) is 6.09. The molecule has 0 spiro atoms. The highest BCUT2D eigenvalue weighted by Crippen LogP contribution is 2.22. The van der Waals surface area contributed by atoms with Crippen LogP contribution in [0.4, 0.5) is 11.5 Å². The lowest BCUT2D eigenvalue weighted by atomic mass is 10.0. The number of rotatable bonds is 6. The molecule has 2 aromatic heterocycles. The minimum Gasteiger partial charge on any atom is -0.378 e. The monoisotopic (exact) mass is 405 g/mol. The highest BCUT2D eigenvalue weighted by atomic mass is 16.5. The Bertz CT molecular complexity index is 977. The highest BCUT2D eigenvalue weighted by Gasteiger charge is 2.21. The van der Waals surface area contributed by atoms with Gasteiger partial charge in [0.05, 0.1) is 49.1 Å².